The summed E-state index contributed by atoms with van der Waals surface area (Å²) in [6, 6.07) is 10.2. The number of aryl methyl sites for hydroxylation is 1. The van der Waals surface area contributed by atoms with E-state index in [0.29, 0.717) is 26.1 Å². The Kier molecular flexibility index (Phi) is 6.93. The van der Waals surface area contributed by atoms with E-state index in [2.05, 4.69) is 12.1 Å². The van der Waals surface area contributed by atoms with Crippen molar-refractivity contribution < 1.29 is 17.7 Å². The van der Waals surface area contributed by atoms with Crippen molar-refractivity contribution in [2.45, 2.75) is 25.7 Å². The zero-order valence-corrected chi connectivity index (χ0v) is 11.2. The van der Waals surface area contributed by atoms with Gasteiger partial charge in [0.1, 0.15) is 0 Å². The largest absolute Gasteiger partial charge is 0.748 e. The first-order valence-corrected chi connectivity index (χ1v) is 7.71. The molecule has 0 heterocycles. The van der Waals surface area contributed by atoms with E-state index in [9.17, 15) is 13.0 Å². The van der Waals surface area contributed by atoms with Gasteiger partial charge in [0.25, 0.3) is 0 Å². The molecule has 0 radical (unpaired) electrons. The minimum atomic E-state index is -4.06. The van der Waals surface area contributed by atoms with Gasteiger partial charge in [-0.25, -0.2) is 8.42 Å². The molecule has 5 heteroatoms. The lowest BCUT2D eigenvalue weighted by Crippen LogP contribution is -2.06. The number of unbranched alkanes of at least 4 members (excludes halogenated alkanes) is 1. The molecule has 102 valence electrons. The van der Waals surface area contributed by atoms with Crippen LogP contribution in [0.5, 0.6) is 0 Å². The van der Waals surface area contributed by atoms with E-state index in [0.717, 1.165) is 12.8 Å². The molecule has 0 aliphatic carbocycles. The first kappa shape index (κ1) is 15.1. The van der Waals surface area contributed by atoms with Gasteiger partial charge in [0.05, 0.1) is 10.1 Å². The molecule has 0 saturated carbocycles. The van der Waals surface area contributed by atoms with Gasteiger partial charge >= 0.3 is 0 Å². The summed E-state index contributed by atoms with van der Waals surface area (Å²) < 4.78 is 36.4. The summed E-state index contributed by atoms with van der Waals surface area (Å²) in [4.78, 5) is 0. The molecular formula is C13H19O4S-. The zero-order valence-electron chi connectivity index (χ0n) is 10.4. The molecule has 0 saturated heterocycles. The summed E-state index contributed by atoms with van der Waals surface area (Å²) in [5, 5.41) is 0. The Bertz CT molecular complexity index is 414. The second-order valence-electron chi connectivity index (χ2n) is 4.17. The fraction of sp³-hybridized carbons (Fsp3) is 0.538. The van der Waals surface area contributed by atoms with E-state index >= 15 is 0 Å². The molecule has 0 unspecified atom stereocenters. The summed E-state index contributed by atoms with van der Waals surface area (Å²) in [6.45, 7) is 1.18. The summed E-state index contributed by atoms with van der Waals surface area (Å²) in [7, 11) is -4.06. The van der Waals surface area contributed by atoms with Crippen molar-refractivity contribution in [1.29, 1.82) is 0 Å². The molecule has 0 bridgehead atoms. The van der Waals surface area contributed by atoms with Crippen molar-refractivity contribution in [3.05, 3.63) is 35.9 Å². The van der Waals surface area contributed by atoms with Crippen LogP contribution in [0.4, 0.5) is 0 Å². The van der Waals surface area contributed by atoms with Crippen LogP contribution in [0.2, 0.25) is 0 Å². The van der Waals surface area contributed by atoms with Gasteiger partial charge in [0.15, 0.2) is 0 Å². The summed E-state index contributed by atoms with van der Waals surface area (Å²) in [5.74, 6) is -0.291. The Hall–Kier alpha value is -0.910. The average Bonchev–Trinajstić information content (AvgIpc) is 2.32. The lowest BCUT2D eigenvalue weighted by molar-refractivity contribution is 0.129. The third-order valence-electron chi connectivity index (χ3n) is 2.53. The topological polar surface area (TPSA) is 66.4 Å². The van der Waals surface area contributed by atoms with Crippen LogP contribution in [0.1, 0.15) is 24.8 Å². The van der Waals surface area contributed by atoms with Gasteiger partial charge in [-0.1, -0.05) is 30.3 Å². The van der Waals surface area contributed by atoms with Crippen LogP contribution in [0.3, 0.4) is 0 Å². The predicted molar refractivity (Wildman–Crippen MR) is 69.4 cm³/mol. The van der Waals surface area contributed by atoms with Crippen LogP contribution in [0.15, 0.2) is 30.3 Å². The number of ether oxygens (including phenoxy) is 1. The smallest absolute Gasteiger partial charge is 0.0945 e. The van der Waals surface area contributed by atoms with Gasteiger partial charge in [0, 0.05) is 19.0 Å². The number of hydrogen-bond donors (Lipinski definition) is 0. The van der Waals surface area contributed by atoms with Crippen LogP contribution in [-0.4, -0.2) is 31.9 Å². The molecule has 0 spiro atoms. The maximum absolute atomic E-state index is 10.3. The van der Waals surface area contributed by atoms with Gasteiger partial charge in [-0.05, 0) is 31.2 Å². The summed E-state index contributed by atoms with van der Waals surface area (Å²) >= 11 is 0. The highest BCUT2D eigenvalue weighted by Gasteiger charge is 1.96. The summed E-state index contributed by atoms with van der Waals surface area (Å²) in [5.41, 5.74) is 1.29. The van der Waals surface area contributed by atoms with Crippen molar-refractivity contribution >= 4 is 10.1 Å². The minimum absolute atomic E-state index is 0.291. The van der Waals surface area contributed by atoms with Crippen LogP contribution in [0, 0.1) is 0 Å². The Morgan fingerprint density at radius 2 is 1.67 bits per heavy atom. The first-order chi connectivity index (χ1) is 8.58. The number of benzene rings is 1. The minimum Gasteiger partial charge on any atom is -0.748 e. The predicted octanol–water partition coefficient (Wildman–Crippen LogP) is 1.96. The van der Waals surface area contributed by atoms with Crippen molar-refractivity contribution in [1.82, 2.24) is 0 Å². The SMILES string of the molecule is O=S(=O)([O-])CCCCOCCCc1ccccc1. The maximum atomic E-state index is 10.3. The fourth-order valence-corrected chi connectivity index (χ4v) is 2.17. The molecule has 0 aliphatic heterocycles. The highest BCUT2D eigenvalue weighted by atomic mass is 32.2. The fourth-order valence-electron chi connectivity index (χ4n) is 1.61. The highest BCUT2D eigenvalue weighted by Crippen LogP contribution is 2.02. The van der Waals surface area contributed by atoms with Gasteiger partial charge < -0.3 is 9.29 Å². The normalized spacial score (nSPS) is 11.6. The average molecular weight is 271 g/mol. The second-order valence-corrected chi connectivity index (χ2v) is 5.69. The van der Waals surface area contributed by atoms with Crippen LogP contribution in [-0.2, 0) is 21.3 Å². The van der Waals surface area contributed by atoms with Gasteiger partial charge in [0.2, 0.25) is 0 Å². The van der Waals surface area contributed by atoms with Crippen molar-refractivity contribution in [3.8, 4) is 0 Å². The maximum Gasteiger partial charge on any atom is 0.0945 e. The lowest BCUT2D eigenvalue weighted by Gasteiger charge is -2.07. The number of rotatable bonds is 9. The third-order valence-corrected chi connectivity index (χ3v) is 3.32. The first-order valence-electron chi connectivity index (χ1n) is 6.13. The second kappa shape index (κ2) is 8.24. The van der Waals surface area contributed by atoms with Crippen LogP contribution >= 0.6 is 0 Å². The van der Waals surface area contributed by atoms with E-state index in [4.69, 9.17) is 4.74 Å². The molecule has 1 rings (SSSR count). The highest BCUT2D eigenvalue weighted by molar-refractivity contribution is 7.85. The molecule has 0 aromatic heterocycles. The summed E-state index contributed by atoms with van der Waals surface area (Å²) in [6.07, 6.45) is 2.93. The van der Waals surface area contributed by atoms with Crippen molar-refractivity contribution in [3.63, 3.8) is 0 Å². The van der Waals surface area contributed by atoms with E-state index in [-0.39, 0.29) is 5.75 Å². The Morgan fingerprint density at radius 3 is 2.33 bits per heavy atom. The zero-order chi connectivity index (χ0) is 13.3. The molecule has 0 atom stereocenters. The number of hydrogen-bond acceptors (Lipinski definition) is 4. The monoisotopic (exact) mass is 271 g/mol. The van der Waals surface area contributed by atoms with E-state index < -0.39 is 10.1 Å². The van der Waals surface area contributed by atoms with Crippen molar-refractivity contribution in [2.24, 2.45) is 0 Å². The molecule has 1 aromatic rings. The van der Waals surface area contributed by atoms with Gasteiger partial charge in [-0.2, -0.15) is 0 Å². The molecular weight excluding hydrogens is 252 g/mol. The molecule has 1 aromatic carbocycles. The molecule has 0 amide bonds. The Labute approximate surface area is 109 Å². The molecule has 0 fully saturated rings. The van der Waals surface area contributed by atoms with E-state index in [1.54, 1.807) is 0 Å². The van der Waals surface area contributed by atoms with Gasteiger partial charge in [-0.3, -0.25) is 0 Å². The van der Waals surface area contributed by atoms with E-state index in [1.165, 1.54) is 5.56 Å². The Morgan fingerprint density at radius 1 is 1.00 bits per heavy atom. The molecule has 4 nitrogen and oxygen atoms in total. The van der Waals surface area contributed by atoms with Crippen molar-refractivity contribution in [2.75, 3.05) is 19.0 Å². The standard InChI is InChI=1S/C13H20O4S/c14-18(15,16)12-5-4-10-17-11-6-9-13-7-2-1-3-8-13/h1-3,7-8H,4-6,9-12H2,(H,14,15,16)/p-1. The lowest BCUT2D eigenvalue weighted by atomic mass is 10.1. The van der Waals surface area contributed by atoms with Gasteiger partial charge in [-0.15, -0.1) is 0 Å². The van der Waals surface area contributed by atoms with Crippen LogP contribution in [0.25, 0.3) is 0 Å². The third kappa shape index (κ3) is 8.22. The van der Waals surface area contributed by atoms with E-state index in [1.807, 2.05) is 18.2 Å². The quantitative estimate of drug-likeness (QED) is 0.508. The molecule has 0 aliphatic rings. The van der Waals surface area contributed by atoms with Crippen LogP contribution < -0.4 is 0 Å². The Balaban J connectivity index is 1.93. The molecule has 0 N–H and O–H groups in total. The molecule has 18 heavy (non-hydrogen) atoms.